The molecule has 0 amide bonds. The van der Waals surface area contributed by atoms with Gasteiger partial charge in [0.25, 0.3) is 0 Å². The molecule has 1 saturated heterocycles. The molecule has 0 bridgehead atoms. The first-order chi connectivity index (χ1) is 10.7. The molecule has 0 radical (unpaired) electrons. The summed E-state index contributed by atoms with van der Waals surface area (Å²) >= 11 is 0. The van der Waals surface area contributed by atoms with Crippen LogP contribution in [-0.2, 0) is 0 Å². The van der Waals surface area contributed by atoms with Gasteiger partial charge < -0.3 is 14.5 Å². The number of aryl methyl sites for hydroxylation is 1. The minimum absolute atomic E-state index is 0. The van der Waals surface area contributed by atoms with Crippen molar-refractivity contribution < 1.29 is 4.74 Å². The average Bonchev–Trinajstić information content (AvgIpc) is 2.55. The Hall–Kier alpha value is -1.49. The summed E-state index contributed by atoms with van der Waals surface area (Å²) in [6.07, 6.45) is 0. The fourth-order valence-electron chi connectivity index (χ4n) is 2.80. The number of methoxy groups -OCH3 is 1. The van der Waals surface area contributed by atoms with Crippen molar-refractivity contribution in [3.63, 3.8) is 0 Å². The van der Waals surface area contributed by atoms with E-state index in [0.29, 0.717) is 0 Å². The van der Waals surface area contributed by atoms with Crippen molar-refractivity contribution in [1.82, 2.24) is 9.88 Å². The second kappa shape index (κ2) is 9.11. The summed E-state index contributed by atoms with van der Waals surface area (Å²) in [5, 5.41) is 0. The number of hydrogen-bond acceptors (Lipinski definition) is 4. The Labute approximate surface area is 156 Å². The number of aromatic nitrogens is 1. The molecule has 0 saturated carbocycles. The van der Waals surface area contributed by atoms with Crippen molar-refractivity contribution >= 4 is 30.6 Å². The lowest BCUT2D eigenvalue weighted by molar-refractivity contribution is 0.312. The van der Waals surface area contributed by atoms with Crippen LogP contribution < -0.4 is 9.64 Å². The van der Waals surface area contributed by atoms with Crippen LogP contribution >= 0.6 is 24.8 Å². The first-order valence-corrected chi connectivity index (χ1v) is 7.72. The maximum Gasteiger partial charge on any atom is 0.129 e. The molecule has 1 fully saturated rings. The highest BCUT2D eigenvalue weighted by molar-refractivity contribution is 5.85. The first-order valence-electron chi connectivity index (χ1n) is 7.72. The molecule has 0 aliphatic carbocycles. The lowest BCUT2D eigenvalue weighted by Gasteiger charge is -2.33. The largest absolute Gasteiger partial charge is 0.497 e. The van der Waals surface area contributed by atoms with Crippen LogP contribution in [0.4, 0.5) is 5.82 Å². The lowest BCUT2D eigenvalue weighted by Crippen LogP contribution is -2.44. The highest BCUT2D eigenvalue weighted by atomic mass is 35.5. The minimum Gasteiger partial charge on any atom is -0.497 e. The summed E-state index contributed by atoms with van der Waals surface area (Å²) in [6.45, 7) is 6.32. The summed E-state index contributed by atoms with van der Waals surface area (Å²) in [5.74, 6) is 1.97. The lowest BCUT2D eigenvalue weighted by atomic mass is 10.1. The fourth-order valence-corrected chi connectivity index (χ4v) is 2.80. The van der Waals surface area contributed by atoms with Crippen LogP contribution in [-0.4, -0.2) is 50.2 Å². The summed E-state index contributed by atoms with van der Waals surface area (Å²) < 4.78 is 5.23. The number of nitrogens with zero attached hydrogens (tertiary/aromatic N) is 3. The molecule has 0 unspecified atom stereocenters. The molecule has 0 N–H and O–H groups in total. The molecule has 0 spiro atoms. The Morgan fingerprint density at radius 3 is 2.12 bits per heavy atom. The highest BCUT2D eigenvalue weighted by Gasteiger charge is 2.16. The summed E-state index contributed by atoms with van der Waals surface area (Å²) in [4.78, 5) is 9.46. The average molecular weight is 370 g/mol. The molecular formula is C18H25Cl2N3O. The smallest absolute Gasteiger partial charge is 0.129 e. The number of halogens is 2. The number of pyridine rings is 1. The molecule has 24 heavy (non-hydrogen) atoms. The predicted molar refractivity (Wildman–Crippen MR) is 105 cm³/mol. The van der Waals surface area contributed by atoms with Crippen molar-refractivity contribution in [1.29, 1.82) is 0 Å². The van der Waals surface area contributed by atoms with E-state index < -0.39 is 0 Å². The van der Waals surface area contributed by atoms with E-state index in [4.69, 9.17) is 9.72 Å². The first kappa shape index (κ1) is 20.6. The predicted octanol–water partition coefficient (Wildman–Crippen LogP) is 3.66. The third kappa shape index (κ3) is 4.76. The number of ether oxygens (including phenoxy) is 1. The van der Waals surface area contributed by atoms with Gasteiger partial charge in [-0.05, 0) is 49.4 Å². The van der Waals surface area contributed by atoms with E-state index in [1.807, 2.05) is 12.1 Å². The van der Waals surface area contributed by atoms with Crippen LogP contribution in [0.25, 0.3) is 11.1 Å². The van der Waals surface area contributed by atoms with Gasteiger partial charge in [0, 0.05) is 31.9 Å². The number of benzene rings is 1. The number of piperazine rings is 1. The summed E-state index contributed by atoms with van der Waals surface area (Å²) in [7, 11) is 3.86. The Morgan fingerprint density at radius 1 is 0.917 bits per heavy atom. The topological polar surface area (TPSA) is 28.6 Å². The molecule has 4 nitrogen and oxygen atoms in total. The quantitative estimate of drug-likeness (QED) is 0.825. The van der Waals surface area contributed by atoms with Crippen LogP contribution in [0.5, 0.6) is 5.75 Å². The number of rotatable bonds is 3. The maximum atomic E-state index is 5.23. The summed E-state index contributed by atoms with van der Waals surface area (Å²) in [6, 6.07) is 12.5. The minimum atomic E-state index is 0. The number of likely N-dealkylation sites (N-methyl/N-ethyl adjacent to an activating group) is 1. The van der Waals surface area contributed by atoms with Gasteiger partial charge in [0.2, 0.25) is 0 Å². The van der Waals surface area contributed by atoms with Crippen LogP contribution in [0.15, 0.2) is 36.4 Å². The summed E-state index contributed by atoms with van der Waals surface area (Å²) in [5.41, 5.74) is 3.47. The normalized spacial score (nSPS) is 14.5. The van der Waals surface area contributed by atoms with E-state index in [0.717, 1.165) is 43.4 Å². The molecule has 6 heteroatoms. The van der Waals surface area contributed by atoms with Crippen molar-refractivity contribution in [3.8, 4) is 16.9 Å². The van der Waals surface area contributed by atoms with Gasteiger partial charge in [-0.1, -0.05) is 12.1 Å². The molecule has 2 aromatic rings. The van der Waals surface area contributed by atoms with Gasteiger partial charge in [-0.3, -0.25) is 0 Å². The monoisotopic (exact) mass is 369 g/mol. The Bertz CT molecular complexity index is 641. The van der Waals surface area contributed by atoms with E-state index in [1.54, 1.807) is 7.11 Å². The highest BCUT2D eigenvalue weighted by Crippen LogP contribution is 2.26. The van der Waals surface area contributed by atoms with Gasteiger partial charge in [0.1, 0.15) is 11.6 Å². The molecule has 1 aliphatic heterocycles. The second-order valence-electron chi connectivity index (χ2n) is 5.87. The van der Waals surface area contributed by atoms with Crippen LogP contribution in [0.1, 0.15) is 5.69 Å². The zero-order valence-corrected chi connectivity index (χ0v) is 16.0. The van der Waals surface area contributed by atoms with Crippen LogP contribution in [0.3, 0.4) is 0 Å². The molecule has 2 heterocycles. The zero-order valence-electron chi connectivity index (χ0n) is 14.4. The Balaban J connectivity index is 0.00000144. The molecule has 0 atom stereocenters. The van der Waals surface area contributed by atoms with Gasteiger partial charge in [0.05, 0.1) is 7.11 Å². The fraction of sp³-hybridized carbons (Fsp3) is 0.389. The van der Waals surface area contributed by atoms with E-state index in [1.165, 1.54) is 11.1 Å². The molecule has 1 aromatic heterocycles. The van der Waals surface area contributed by atoms with E-state index in [9.17, 15) is 0 Å². The van der Waals surface area contributed by atoms with Crippen molar-refractivity contribution in [2.45, 2.75) is 6.92 Å². The maximum absolute atomic E-state index is 5.23. The zero-order chi connectivity index (χ0) is 15.5. The van der Waals surface area contributed by atoms with Crippen LogP contribution in [0.2, 0.25) is 0 Å². The van der Waals surface area contributed by atoms with Crippen molar-refractivity contribution in [2.24, 2.45) is 0 Å². The van der Waals surface area contributed by atoms with Gasteiger partial charge in [-0.2, -0.15) is 0 Å². The van der Waals surface area contributed by atoms with Crippen molar-refractivity contribution in [2.75, 3.05) is 45.2 Å². The molecule has 1 aromatic carbocycles. The Kier molecular flexibility index (Phi) is 7.80. The standard InChI is InChI=1S/C18H23N3O.2ClH/c1-14-12-16(15-4-6-17(22-3)7-5-15)13-18(19-14)21-10-8-20(2)9-11-21;;/h4-7,12-13H,8-11H2,1-3H3;2*1H. The van der Waals surface area contributed by atoms with Gasteiger partial charge in [0.15, 0.2) is 0 Å². The molecule has 1 aliphatic rings. The number of hydrogen-bond donors (Lipinski definition) is 0. The second-order valence-corrected chi connectivity index (χ2v) is 5.87. The van der Waals surface area contributed by atoms with Crippen molar-refractivity contribution in [3.05, 3.63) is 42.1 Å². The van der Waals surface area contributed by atoms with Gasteiger partial charge in [-0.25, -0.2) is 4.98 Å². The third-order valence-corrected chi connectivity index (χ3v) is 4.19. The van der Waals surface area contributed by atoms with Crippen LogP contribution in [0, 0.1) is 6.92 Å². The third-order valence-electron chi connectivity index (χ3n) is 4.19. The van der Waals surface area contributed by atoms with E-state index in [2.05, 4.69) is 48.0 Å². The molecular weight excluding hydrogens is 345 g/mol. The SMILES string of the molecule is COc1ccc(-c2cc(C)nc(N3CCN(C)CC3)c2)cc1.Cl.Cl. The Morgan fingerprint density at radius 2 is 1.54 bits per heavy atom. The van der Waals surface area contributed by atoms with E-state index >= 15 is 0 Å². The van der Waals surface area contributed by atoms with E-state index in [-0.39, 0.29) is 24.8 Å². The van der Waals surface area contributed by atoms with Gasteiger partial charge >= 0.3 is 0 Å². The molecule has 132 valence electrons. The van der Waals surface area contributed by atoms with Gasteiger partial charge in [-0.15, -0.1) is 24.8 Å². The molecule has 3 rings (SSSR count). The number of anilines is 1.